The number of carbonyl (C=O) groups is 1. The molecule has 0 N–H and O–H groups in total. The first-order chi connectivity index (χ1) is 16.7. The SMILES string of the molecule is CCN(C(=O)Cn1nc(-c2cccc(Cl)c2C)c2occc2c1=O)c1ccc2c(c1)OC(F)(F)O2. The Bertz CT molecular complexity index is 1530. The summed E-state index contributed by atoms with van der Waals surface area (Å²) in [5, 5.41) is 5.21. The Hall–Kier alpha value is -3.92. The number of aromatic nitrogens is 2. The molecule has 0 saturated heterocycles. The molecule has 4 aromatic rings. The van der Waals surface area contributed by atoms with E-state index in [2.05, 4.69) is 14.6 Å². The second kappa shape index (κ2) is 8.38. The van der Waals surface area contributed by atoms with Crippen molar-refractivity contribution in [2.75, 3.05) is 11.4 Å². The van der Waals surface area contributed by atoms with Crippen molar-refractivity contribution in [1.82, 2.24) is 9.78 Å². The minimum Gasteiger partial charge on any atom is -0.462 e. The van der Waals surface area contributed by atoms with E-state index < -0.39 is 24.3 Å². The molecule has 35 heavy (non-hydrogen) atoms. The van der Waals surface area contributed by atoms with Crippen LogP contribution in [0.1, 0.15) is 12.5 Å². The molecule has 0 bridgehead atoms. The first kappa shape index (κ1) is 22.9. The van der Waals surface area contributed by atoms with Crippen molar-refractivity contribution in [3.05, 3.63) is 69.7 Å². The van der Waals surface area contributed by atoms with E-state index in [-0.39, 0.29) is 29.0 Å². The number of benzene rings is 2. The summed E-state index contributed by atoms with van der Waals surface area (Å²) < 4.78 is 42.3. The number of hydrogen-bond donors (Lipinski definition) is 0. The van der Waals surface area contributed by atoms with Crippen LogP contribution < -0.4 is 19.9 Å². The van der Waals surface area contributed by atoms with Crippen molar-refractivity contribution in [3.63, 3.8) is 0 Å². The van der Waals surface area contributed by atoms with Gasteiger partial charge in [0.15, 0.2) is 17.1 Å². The van der Waals surface area contributed by atoms with Gasteiger partial charge in [-0.1, -0.05) is 23.7 Å². The third-order valence-electron chi connectivity index (χ3n) is 5.69. The lowest BCUT2D eigenvalue weighted by atomic mass is 10.0. The molecule has 11 heteroatoms. The largest absolute Gasteiger partial charge is 0.586 e. The minimum absolute atomic E-state index is 0.132. The summed E-state index contributed by atoms with van der Waals surface area (Å²) in [6.07, 6.45) is -2.39. The molecule has 0 fully saturated rings. The fourth-order valence-electron chi connectivity index (χ4n) is 3.98. The Kier molecular flexibility index (Phi) is 5.47. The molecule has 5 rings (SSSR count). The molecule has 8 nitrogen and oxygen atoms in total. The standard InChI is InChI=1S/C24H18ClF2N3O5/c1-3-29(14-7-8-18-19(11-14)35-24(26,27)34-18)20(31)12-30-23(32)16-9-10-33-22(16)21(28-30)15-5-4-6-17(25)13(15)2/h4-11H,3,12H2,1-2H3. The van der Waals surface area contributed by atoms with Crippen LogP contribution in [0.2, 0.25) is 5.02 Å². The number of hydrogen-bond acceptors (Lipinski definition) is 6. The summed E-state index contributed by atoms with van der Waals surface area (Å²) in [7, 11) is 0. The second-order valence-corrected chi connectivity index (χ2v) is 8.23. The average Bonchev–Trinajstić information content (AvgIpc) is 3.41. The number of anilines is 1. The maximum Gasteiger partial charge on any atom is 0.586 e. The van der Waals surface area contributed by atoms with Crippen LogP contribution in [-0.4, -0.2) is 28.5 Å². The predicted molar refractivity (Wildman–Crippen MR) is 124 cm³/mol. The van der Waals surface area contributed by atoms with E-state index in [0.717, 1.165) is 10.2 Å². The number of likely N-dealkylation sites (N-methyl/N-ethyl adjacent to an activating group) is 1. The molecule has 180 valence electrons. The van der Waals surface area contributed by atoms with E-state index >= 15 is 0 Å². The van der Waals surface area contributed by atoms with Crippen LogP contribution in [0.25, 0.3) is 22.2 Å². The third-order valence-corrected chi connectivity index (χ3v) is 6.10. The van der Waals surface area contributed by atoms with Crippen molar-refractivity contribution in [2.24, 2.45) is 0 Å². The van der Waals surface area contributed by atoms with Crippen LogP contribution >= 0.6 is 11.6 Å². The summed E-state index contributed by atoms with van der Waals surface area (Å²) in [5.41, 5.74) is 1.85. The summed E-state index contributed by atoms with van der Waals surface area (Å²) in [4.78, 5) is 27.6. The topological polar surface area (TPSA) is 86.8 Å². The molecule has 1 amide bonds. The fourth-order valence-corrected chi connectivity index (χ4v) is 4.16. The van der Waals surface area contributed by atoms with Crippen molar-refractivity contribution >= 4 is 34.2 Å². The lowest BCUT2D eigenvalue weighted by molar-refractivity contribution is -0.286. The lowest BCUT2D eigenvalue weighted by Crippen LogP contribution is -2.37. The van der Waals surface area contributed by atoms with Crippen molar-refractivity contribution in [2.45, 2.75) is 26.7 Å². The second-order valence-electron chi connectivity index (χ2n) is 7.82. The van der Waals surface area contributed by atoms with Crippen LogP contribution in [-0.2, 0) is 11.3 Å². The Labute approximate surface area is 202 Å². The number of alkyl halides is 2. The van der Waals surface area contributed by atoms with Crippen molar-refractivity contribution < 1.29 is 27.5 Å². The highest BCUT2D eigenvalue weighted by Crippen LogP contribution is 2.43. The van der Waals surface area contributed by atoms with Gasteiger partial charge in [-0.15, -0.1) is 8.78 Å². The molecular formula is C24H18ClF2N3O5. The summed E-state index contributed by atoms with van der Waals surface area (Å²) in [6, 6.07) is 10.8. The highest BCUT2D eigenvalue weighted by atomic mass is 35.5. The first-order valence-corrected chi connectivity index (χ1v) is 11.0. The molecule has 3 heterocycles. The molecule has 1 aliphatic rings. The average molecular weight is 502 g/mol. The number of furan rings is 1. The van der Waals surface area contributed by atoms with E-state index in [1.165, 1.54) is 35.4 Å². The van der Waals surface area contributed by atoms with Gasteiger partial charge in [-0.05, 0) is 43.7 Å². The number of carbonyl (C=O) groups excluding carboxylic acids is 1. The van der Waals surface area contributed by atoms with E-state index in [1.807, 2.05) is 6.92 Å². The van der Waals surface area contributed by atoms with E-state index in [0.29, 0.717) is 22.0 Å². The first-order valence-electron chi connectivity index (χ1n) is 10.6. The third kappa shape index (κ3) is 3.99. The normalized spacial score (nSPS) is 13.9. The predicted octanol–water partition coefficient (Wildman–Crippen LogP) is 4.99. The molecule has 2 aromatic heterocycles. The van der Waals surface area contributed by atoms with Gasteiger partial charge in [-0.3, -0.25) is 9.59 Å². The summed E-state index contributed by atoms with van der Waals surface area (Å²) >= 11 is 6.28. The van der Waals surface area contributed by atoms with Crippen LogP contribution in [0.5, 0.6) is 11.5 Å². The van der Waals surface area contributed by atoms with E-state index in [9.17, 15) is 18.4 Å². The van der Waals surface area contributed by atoms with Gasteiger partial charge >= 0.3 is 6.29 Å². The van der Waals surface area contributed by atoms with Crippen molar-refractivity contribution in [3.8, 4) is 22.8 Å². The molecule has 2 aromatic carbocycles. The molecular weight excluding hydrogens is 484 g/mol. The number of nitrogens with zero attached hydrogens (tertiary/aromatic N) is 3. The quantitative estimate of drug-likeness (QED) is 0.383. The Morgan fingerprint density at radius 2 is 1.94 bits per heavy atom. The van der Waals surface area contributed by atoms with Gasteiger partial charge in [0.05, 0.1) is 11.6 Å². The molecule has 0 spiro atoms. The van der Waals surface area contributed by atoms with Crippen LogP contribution in [0, 0.1) is 6.92 Å². The van der Waals surface area contributed by atoms with E-state index in [4.69, 9.17) is 16.0 Å². The molecule has 0 atom stereocenters. The summed E-state index contributed by atoms with van der Waals surface area (Å²) in [6.45, 7) is 3.34. The van der Waals surface area contributed by atoms with Gasteiger partial charge in [-0.2, -0.15) is 5.10 Å². The highest BCUT2D eigenvalue weighted by molar-refractivity contribution is 6.31. The molecule has 0 saturated carbocycles. The van der Waals surface area contributed by atoms with Gasteiger partial charge in [0.25, 0.3) is 5.56 Å². The van der Waals surface area contributed by atoms with E-state index in [1.54, 1.807) is 25.1 Å². The van der Waals surface area contributed by atoms with Gasteiger partial charge in [0.1, 0.15) is 12.2 Å². The van der Waals surface area contributed by atoms with Crippen LogP contribution in [0.4, 0.5) is 14.5 Å². The molecule has 0 radical (unpaired) electrons. The van der Waals surface area contributed by atoms with Crippen LogP contribution in [0.3, 0.4) is 0 Å². The Morgan fingerprint density at radius 3 is 2.71 bits per heavy atom. The molecule has 0 aliphatic carbocycles. The fraction of sp³-hybridized carbons (Fsp3) is 0.208. The van der Waals surface area contributed by atoms with Gasteiger partial charge in [-0.25, -0.2) is 4.68 Å². The van der Waals surface area contributed by atoms with Crippen molar-refractivity contribution in [1.29, 1.82) is 0 Å². The number of amides is 1. The van der Waals surface area contributed by atoms with Gasteiger partial charge in [0.2, 0.25) is 5.91 Å². The summed E-state index contributed by atoms with van der Waals surface area (Å²) in [5.74, 6) is -0.802. The number of fused-ring (bicyclic) bond motifs is 2. The van der Waals surface area contributed by atoms with Crippen LogP contribution in [0.15, 0.2) is 57.9 Å². The maximum absolute atomic E-state index is 13.4. The zero-order valence-electron chi connectivity index (χ0n) is 18.5. The Morgan fingerprint density at radius 1 is 1.17 bits per heavy atom. The monoisotopic (exact) mass is 501 g/mol. The highest BCUT2D eigenvalue weighted by Gasteiger charge is 2.43. The number of halogens is 3. The minimum atomic E-state index is -3.77. The smallest absolute Gasteiger partial charge is 0.462 e. The zero-order chi connectivity index (χ0) is 24.9. The number of rotatable bonds is 5. The van der Waals surface area contributed by atoms with Gasteiger partial charge < -0.3 is 18.8 Å². The van der Waals surface area contributed by atoms with Gasteiger partial charge in [0, 0.05) is 28.9 Å². The zero-order valence-corrected chi connectivity index (χ0v) is 19.3. The Balaban J connectivity index is 1.52. The molecule has 1 aliphatic heterocycles. The molecule has 0 unspecified atom stereocenters. The number of ether oxygens (including phenoxy) is 2. The maximum atomic E-state index is 13.4. The lowest BCUT2D eigenvalue weighted by Gasteiger charge is -2.21.